The maximum Gasteiger partial charge on any atom is 0.240 e. The fourth-order valence-corrected chi connectivity index (χ4v) is 2.29. The third-order valence-corrected chi connectivity index (χ3v) is 3.12. The molecule has 1 rings (SSSR count). The molecule has 0 unspecified atom stereocenters. The summed E-state index contributed by atoms with van der Waals surface area (Å²) in [5.74, 6) is 0.00169. The number of rotatable bonds is 5. The molecule has 0 saturated heterocycles. The summed E-state index contributed by atoms with van der Waals surface area (Å²) in [5.41, 5.74) is 13.4. The van der Waals surface area contributed by atoms with E-state index in [0.717, 1.165) is 11.3 Å². The molecule has 4 nitrogen and oxygen atoms in total. The lowest BCUT2D eigenvalue weighted by Gasteiger charge is -2.33. The highest BCUT2D eigenvalue weighted by Crippen LogP contribution is 2.11. The zero-order valence-corrected chi connectivity index (χ0v) is 12.3. The first kappa shape index (κ1) is 15.5. The van der Waals surface area contributed by atoms with Crippen LogP contribution < -0.4 is 11.5 Å². The molecular formula is C15H25N3O. The first-order chi connectivity index (χ1) is 8.82. The molecule has 0 aromatic heterocycles. The lowest BCUT2D eigenvalue weighted by molar-refractivity contribution is -0.136. The average molecular weight is 263 g/mol. The number of amides is 1. The summed E-state index contributed by atoms with van der Waals surface area (Å²) in [7, 11) is 0. The van der Waals surface area contributed by atoms with Gasteiger partial charge in [0, 0.05) is 17.8 Å². The zero-order valence-electron chi connectivity index (χ0n) is 12.3. The number of benzene rings is 1. The van der Waals surface area contributed by atoms with Gasteiger partial charge in [-0.05, 0) is 51.8 Å². The van der Waals surface area contributed by atoms with E-state index in [1.165, 1.54) is 0 Å². The summed E-state index contributed by atoms with van der Waals surface area (Å²) >= 11 is 0. The van der Waals surface area contributed by atoms with E-state index in [0.29, 0.717) is 6.42 Å². The molecule has 0 aliphatic rings. The number of anilines is 1. The van der Waals surface area contributed by atoms with Crippen molar-refractivity contribution >= 4 is 11.6 Å². The molecule has 0 saturated carbocycles. The molecule has 0 spiro atoms. The molecule has 0 aliphatic carbocycles. The predicted octanol–water partition coefficient (Wildman–Crippen LogP) is 1.78. The van der Waals surface area contributed by atoms with Crippen LogP contribution in [0.1, 0.15) is 33.3 Å². The number of nitrogens with two attached hydrogens (primary N) is 2. The number of hydrogen-bond donors (Lipinski definition) is 2. The van der Waals surface area contributed by atoms with Gasteiger partial charge in [0.25, 0.3) is 0 Å². The van der Waals surface area contributed by atoms with Gasteiger partial charge < -0.3 is 16.4 Å². The molecular weight excluding hydrogens is 238 g/mol. The molecule has 1 aromatic carbocycles. The molecule has 0 radical (unpaired) electrons. The van der Waals surface area contributed by atoms with Crippen LogP contribution in [0.2, 0.25) is 0 Å². The fraction of sp³-hybridized carbons (Fsp3) is 0.533. The normalized spacial score (nSPS) is 12.8. The van der Waals surface area contributed by atoms with Crippen LogP contribution in [0.25, 0.3) is 0 Å². The minimum atomic E-state index is -0.506. The Morgan fingerprint density at radius 3 is 2.00 bits per heavy atom. The summed E-state index contributed by atoms with van der Waals surface area (Å²) in [4.78, 5) is 14.2. The van der Waals surface area contributed by atoms with Crippen molar-refractivity contribution in [3.05, 3.63) is 29.8 Å². The van der Waals surface area contributed by atoms with Gasteiger partial charge >= 0.3 is 0 Å². The molecule has 1 aromatic rings. The minimum Gasteiger partial charge on any atom is -0.399 e. The van der Waals surface area contributed by atoms with E-state index in [9.17, 15) is 4.79 Å². The molecule has 0 fully saturated rings. The Labute approximate surface area is 115 Å². The highest BCUT2D eigenvalue weighted by molar-refractivity contribution is 5.82. The summed E-state index contributed by atoms with van der Waals surface area (Å²) in [5, 5.41) is 0. The third-order valence-electron chi connectivity index (χ3n) is 3.12. The lowest BCUT2D eigenvalue weighted by Crippen LogP contribution is -2.50. The van der Waals surface area contributed by atoms with Crippen molar-refractivity contribution in [1.82, 2.24) is 4.90 Å². The van der Waals surface area contributed by atoms with Gasteiger partial charge in [0.15, 0.2) is 0 Å². The molecule has 106 valence electrons. The van der Waals surface area contributed by atoms with Crippen LogP contribution in [0.15, 0.2) is 24.3 Å². The first-order valence-corrected chi connectivity index (χ1v) is 6.75. The Balaban J connectivity index is 2.73. The van der Waals surface area contributed by atoms with Gasteiger partial charge in [0.05, 0.1) is 6.04 Å². The Hall–Kier alpha value is -1.55. The van der Waals surface area contributed by atoms with Crippen LogP contribution in [0.5, 0.6) is 0 Å². The van der Waals surface area contributed by atoms with Crippen LogP contribution in [-0.4, -0.2) is 28.9 Å². The van der Waals surface area contributed by atoms with Gasteiger partial charge in [0.1, 0.15) is 0 Å². The number of hydrogen-bond acceptors (Lipinski definition) is 3. The van der Waals surface area contributed by atoms with Gasteiger partial charge in [-0.25, -0.2) is 0 Å². The highest BCUT2D eigenvalue weighted by Gasteiger charge is 2.25. The molecule has 0 bridgehead atoms. The number of nitrogens with zero attached hydrogens (tertiary/aromatic N) is 1. The van der Waals surface area contributed by atoms with E-state index in [-0.39, 0.29) is 18.0 Å². The van der Waals surface area contributed by atoms with E-state index < -0.39 is 6.04 Å². The Bertz CT molecular complexity index is 404. The van der Waals surface area contributed by atoms with E-state index in [4.69, 9.17) is 11.5 Å². The van der Waals surface area contributed by atoms with E-state index in [1.807, 2.05) is 56.9 Å². The maximum atomic E-state index is 12.4. The minimum absolute atomic E-state index is 0.00169. The standard InChI is InChI=1S/C15H25N3O/c1-10(2)18(11(3)4)15(19)14(17)9-12-5-7-13(16)8-6-12/h5-8,10-11,14H,9,16-17H2,1-4H3/t14-/m0/s1. The summed E-state index contributed by atoms with van der Waals surface area (Å²) < 4.78 is 0. The van der Waals surface area contributed by atoms with Crippen molar-refractivity contribution in [2.24, 2.45) is 5.73 Å². The second kappa shape index (κ2) is 6.57. The molecule has 4 heteroatoms. The quantitative estimate of drug-likeness (QED) is 0.795. The summed E-state index contributed by atoms with van der Waals surface area (Å²) in [6.45, 7) is 8.03. The van der Waals surface area contributed by atoms with Crippen LogP contribution in [0.4, 0.5) is 5.69 Å². The van der Waals surface area contributed by atoms with Crippen molar-refractivity contribution in [3.63, 3.8) is 0 Å². The molecule has 1 amide bonds. The predicted molar refractivity (Wildman–Crippen MR) is 79.7 cm³/mol. The smallest absolute Gasteiger partial charge is 0.240 e. The SMILES string of the molecule is CC(C)N(C(=O)[C@@H](N)Cc1ccc(N)cc1)C(C)C. The van der Waals surface area contributed by atoms with Crippen molar-refractivity contribution in [2.75, 3.05) is 5.73 Å². The van der Waals surface area contributed by atoms with E-state index >= 15 is 0 Å². The highest BCUT2D eigenvalue weighted by atomic mass is 16.2. The van der Waals surface area contributed by atoms with Crippen LogP contribution in [0.3, 0.4) is 0 Å². The lowest BCUT2D eigenvalue weighted by atomic mass is 10.0. The van der Waals surface area contributed by atoms with Crippen molar-refractivity contribution in [2.45, 2.75) is 52.2 Å². The van der Waals surface area contributed by atoms with Gasteiger partial charge in [-0.2, -0.15) is 0 Å². The molecule has 19 heavy (non-hydrogen) atoms. The Kier molecular flexibility index (Phi) is 5.36. The molecule has 4 N–H and O–H groups in total. The second-order valence-corrected chi connectivity index (χ2v) is 5.49. The summed E-state index contributed by atoms with van der Waals surface area (Å²) in [6.07, 6.45) is 0.537. The van der Waals surface area contributed by atoms with Gasteiger partial charge in [-0.15, -0.1) is 0 Å². The number of carbonyl (C=O) groups is 1. The maximum absolute atomic E-state index is 12.4. The third kappa shape index (κ3) is 4.24. The monoisotopic (exact) mass is 263 g/mol. The van der Waals surface area contributed by atoms with Gasteiger partial charge in [-0.1, -0.05) is 12.1 Å². The van der Waals surface area contributed by atoms with Crippen molar-refractivity contribution in [3.8, 4) is 0 Å². The summed E-state index contributed by atoms with van der Waals surface area (Å²) in [6, 6.07) is 7.29. The largest absolute Gasteiger partial charge is 0.399 e. The van der Waals surface area contributed by atoms with E-state index in [1.54, 1.807) is 0 Å². The Morgan fingerprint density at radius 1 is 1.11 bits per heavy atom. The molecule has 1 atom stereocenters. The fourth-order valence-electron chi connectivity index (χ4n) is 2.29. The second-order valence-electron chi connectivity index (χ2n) is 5.49. The Morgan fingerprint density at radius 2 is 1.58 bits per heavy atom. The zero-order chi connectivity index (χ0) is 14.6. The van der Waals surface area contributed by atoms with Crippen LogP contribution >= 0.6 is 0 Å². The molecule has 0 aliphatic heterocycles. The first-order valence-electron chi connectivity index (χ1n) is 6.75. The van der Waals surface area contributed by atoms with Crippen LogP contribution in [-0.2, 0) is 11.2 Å². The van der Waals surface area contributed by atoms with Gasteiger partial charge in [-0.3, -0.25) is 4.79 Å². The topological polar surface area (TPSA) is 72.3 Å². The van der Waals surface area contributed by atoms with Crippen molar-refractivity contribution < 1.29 is 4.79 Å². The number of carbonyl (C=O) groups excluding carboxylic acids is 1. The number of nitrogen functional groups attached to an aromatic ring is 1. The van der Waals surface area contributed by atoms with Gasteiger partial charge in [0.2, 0.25) is 5.91 Å². The van der Waals surface area contributed by atoms with Crippen molar-refractivity contribution in [1.29, 1.82) is 0 Å². The van der Waals surface area contributed by atoms with E-state index in [2.05, 4.69) is 0 Å². The van der Waals surface area contributed by atoms with Crippen LogP contribution in [0, 0.1) is 0 Å². The molecule has 0 heterocycles. The average Bonchev–Trinajstić information content (AvgIpc) is 2.31.